The molecule has 1 fully saturated rings. The largest absolute Gasteiger partial charge is 0.349 e. The van der Waals surface area contributed by atoms with Crippen molar-refractivity contribution < 1.29 is 21.6 Å². The topological polar surface area (TPSA) is 127 Å². The van der Waals surface area contributed by atoms with Gasteiger partial charge in [-0.25, -0.2) is 26.3 Å². The van der Waals surface area contributed by atoms with Gasteiger partial charge in [0.2, 0.25) is 26.0 Å². The lowest BCUT2D eigenvalue weighted by Crippen LogP contribution is -2.43. The molecule has 1 aliphatic rings. The van der Waals surface area contributed by atoms with Crippen molar-refractivity contribution in [1.82, 2.24) is 9.62 Å². The summed E-state index contributed by atoms with van der Waals surface area (Å²) in [6, 6.07) is 14.8. The molecular weight excluding hydrogens is 438 g/mol. The molecule has 1 amide bonds. The number of piperidine rings is 1. The Bertz CT molecular complexity index is 1130. The second kappa shape index (κ2) is 9.47. The Morgan fingerprint density at radius 3 is 2.32 bits per heavy atom. The molecule has 2 aromatic carbocycles. The van der Waals surface area contributed by atoms with Crippen LogP contribution in [0.3, 0.4) is 0 Å². The van der Waals surface area contributed by atoms with Crippen LogP contribution < -0.4 is 10.5 Å². The number of nitrogens with two attached hydrogens (primary N) is 1. The van der Waals surface area contributed by atoms with Gasteiger partial charge in [-0.1, -0.05) is 42.5 Å². The van der Waals surface area contributed by atoms with E-state index in [1.54, 1.807) is 43.3 Å². The predicted molar refractivity (Wildman–Crippen MR) is 118 cm³/mol. The third kappa shape index (κ3) is 6.13. The van der Waals surface area contributed by atoms with E-state index in [1.165, 1.54) is 16.4 Å². The molecule has 1 aliphatic heterocycles. The molecule has 0 bridgehead atoms. The summed E-state index contributed by atoms with van der Waals surface area (Å²) < 4.78 is 49.9. The number of hydrogen-bond acceptors (Lipinski definition) is 5. The molecule has 1 saturated heterocycles. The number of rotatable bonds is 7. The Labute approximate surface area is 183 Å². The van der Waals surface area contributed by atoms with Crippen LogP contribution in [-0.2, 0) is 30.6 Å². The standard InChI is InChI=1S/C21H27N3O5S2/c1-16(19-8-5-9-20(14-19)31(22,28)29)23-21(25)18-10-12-24(13-11-18)30(26,27)15-17-6-3-2-4-7-17/h2-9,14,16,18H,10-13,15H2,1H3,(H,23,25)(H2,22,28,29). The van der Waals surface area contributed by atoms with E-state index in [4.69, 9.17) is 5.14 Å². The van der Waals surface area contributed by atoms with Crippen LogP contribution in [0.1, 0.15) is 36.9 Å². The smallest absolute Gasteiger partial charge is 0.238 e. The maximum absolute atomic E-state index is 12.7. The van der Waals surface area contributed by atoms with Crippen molar-refractivity contribution >= 4 is 26.0 Å². The minimum Gasteiger partial charge on any atom is -0.349 e. The van der Waals surface area contributed by atoms with Crippen LogP contribution in [0.4, 0.5) is 0 Å². The first kappa shape index (κ1) is 23.4. The Kier molecular flexibility index (Phi) is 7.15. The number of primary sulfonamides is 1. The minimum absolute atomic E-state index is 0.0111. The summed E-state index contributed by atoms with van der Waals surface area (Å²) in [5.74, 6) is -0.525. The van der Waals surface area contributed by atoms with Crippen LogP contribution in [0, 0.1) is 5.92 Å². The lowest BCUT2D eigenvalue weighted by molar-refractivity contribution is -0.126. The number of amides is 1. The van der Waals surface area contributed by atoms with Crippen molar-refractivity contribution in [3.8, 4) is 0 Å². The molecule has 3 rings (SSSR count). The average Bonchev–Trinajstić information content (AvgIpc) is 2.73. The van der Waals surface area contributed by atoms with Gasteiger partial charge in [0.15, 0.2) is 0 Å². The molecule has 2 aromatic rings. The van der Waals surface area contributed by atoms with Gasteiger partial charge in [-0.2, -0.15) is 0 Å². The van der Waals surface area contributed by atoms with Crippen LogP contribution in [-0.4, -0.2) is 40.1 Å². The summed E-state index contributed by atoms with van der Waals surface area (Å²) in [6.07, 6.45) is 0.869. The fourth-order valence-corrected chi connectivity index (χ4v) is 5.78. The number of nitrogens with zero attached hydrogens (tertiary/aromatic N) is 1. The highest BCUT2D eigenvalue weighted by Crippen LogP contribution is 2.23. The Hall–Kier alpha value is -2.27. The quantitative estimate of drug-likeness (QED) is 0.644. The fourth-order valence-electron chi connectivity index (χ4n) is 3.65. The van der Waals surface area contributed by atoms with Crippen molar-refractivity contribution in [3.63, 3.8) is 0 Å². The molecule has 10 heteroatoms. The van der Waals surface area contributed by atoms with Crippen molar-refractivity contribution in [1.29, 1.82) is 0 Å². The molecule has 1 unspecified atom stereocenters. The summed E-state index contributed by atoms with van der Waals surface area (Å²) in [5.41, 5.74) is 1.36. The van der Waals surface area contributed by atoms with Crippen LogP contribution in [0.2, 0.25) is 0 Å². The molecule has 0 aliphatic carbocycles. The summed E-state index contributed by atoms with van der Waals surface area (Å²) in [7, 11) is -7.26. The number of hydrogen-bond donors (Lipinski definition) is 2. The summed E-state index contributed by atoms with van der Waals surface area (Å²) >= 11 is 0. The third-order valence-electron chi connectivity index (χ3n) is 5.46. The van der Waals surface area contributed by atoms with E-state index < -0.39 is 26.1 Å². The van der Waals surface area contributed by atoms with E-state index in [-0.39, 0.29) is 22.5 Å². The number of sulfonamides is 2. The monoisotopic (exact) mass is 465 g/mol. The van der Waals surface area contributed by atoms with Crippen LogP contribution >= 0.6 is 0 Å². The van der Waals surface area contributed by atoms with E-state index in [2.05, 4.69) is 5.32 Å². The minimum atomic E-state index is -3.83. The summed E-state index contributed by atoms with van der Waals surface area (Å²) in [4.78, 5) is 12.7. The number of benzene rings is 2. The number of carbonyl (C=O) groups excluding carboxylic acids is 1. The number of carbonyl (C=O) groups is 1. The van der Waals surface area contributed by atoms with Gasteiger partial charge in [0.25, 0.3) is 0 Å². The molecule has 8 nitrogen and oxygen atoms in total. The SMILES string of the molecule is CC(NC(=O)C1CCN(S(=O)(=O)Cc2ccccc2)CC1)c1cccc(S(N)(=O)=O)c1. The van der Waals surface area contributed by atoms with Crippen molar-refractivity contribution in [2.45, 2.75) is 36.5 Å². The zero-order valence-electron chi connectivity index (χ0n) is 17.3. The van der Waals surface area contributed by atoms with E-state index in [9.17, 15) is 21.6 Å². The fraction of sp³-hybridized carbons (Fsp3) is 0.381. The van der Waals surface area contributed by atoms with Gasteiger partial charge in [0.05, 0.1) is 16.7 Å². The highest BCUT2D eigenvalue weighted by Gasteiger charge is 2.31. The van der Waals surface area contributed by atoms with Gasteiger partial charge in [-0.15, -0.1) is 0 Å². The first-order chi connectivity index (χ1) is 14.6. The first-order valence-electron chi connectivity index (χ1n) is 10.0. The molecule has 31 heavy (non-hydrogen) atoms. The summed E-state index contributed by atoms with van der Waals surface area (Å²) in [6.45, 7) is 2.35. The maximum atomic E-state index is 12.7. The van der Waals surface area contributed by atoms with E-state index >= 15 is 0 Å². The molecule has 3 N–H and O–H groups in total. The second-order valence-corrected chi connectivity index (χ2v) is 11.3. The van der Waals surface area contributed by atoms with E-state index in [1.807, 2.05) is 6.07 Å². The zero-order chi connectivity index (χ0) is 22.6. The molecular formula is C21H27N3O5S2. The lowest BCUT2D eigenvalue weighted by Gasteiger charge is -2.31. The van der Waals surface area contributed by atoms with Gasteiger partial charge < -0.3 is 5.32 Å². The predicted octanol–water partition coefficient (Wildman–Crippen LogP) is 1.75. The normalized spacial score (nSPS) is 17.2. The molecule has 1 heterocycles. The molecule has 0 spiro atoms. The molecule has 0 radical (unpaired) electrons. The third-order valence-corrected chi connectivity index (χ3v) is 8.22. The Morgan fingerprint density at radius 2 is 1.71 bits per heavy atom. The molecule has 168 valence electrons. The highest BCUT2D eigenvalue weighted by atomic mass is 32.2. The van der Waals surface area contributed by atoms with Gasteiger partial charge in [-0.05, 0) is 43.0 Å². The summed E-state index contributed by atoms with van der Waals surface area (Å²) in [5, 5.41) is 8.07. The van der Waals surface area contributed by atoms with Gasteiger partial charge in [0.1, 0.15) is 0 Å². The molecule has 0 aromatic heterocycles. The average molecular weight is 466 g/mol. The van der Waals surface area contributed by atoms with Crippen LogP contribution in [0.15, 0.2) is 59.5 Å². The van der Waals surface area contributed by atoms with E-state index in [0.717, 1.165) is 5.56 Å². The van der Waals surface area contributed by atoms with Gasteiger partial charge >= 0.3 is 0 Å². The van der Waals surface area contributed by atoms with Gasteiger partial charge in [0, 0.05) is 19.0 Å². The second-order valence-electron chi connectivity index (χ2n) is 7.76. The van der Waals surface area contributed by atoms with Crippen molar-refractivity contribution in [3.05, 3.63) is 65.7 Å². The molecule has 1 atom stereocenters. The van der Waals surface area contributed by atoms with Crippen LogP contribution in [0.5, 0.6) is 0 Å². The van der Waals surface area contributed by atoms with Gasteiger partial charge in [-0.3, -0.25) is 4.79 Å². The van der Waals surface area contributed by atoms with Crippen LogP contribution in [0.25, 0.3) is 0 Å². The zero-order valence-corrected chi connectivity index (χ0v) is 18.9. The Morgan fingerprint density at radius 1 is 1.06 bits per heavy atom. The number of nitrogens with one attached hydrogen (secondary N) is 1. The molecule has 0 saturated carbocycles. The van der Waals surface area contributed by atoms with Crippen molar-refractivity contribution in [2.75, 3.05) is 13.1 Å². The Balaban J connectivity index is 1.57. The lowest BCUT2D eigenvalue weighted by atomic mass is 9.96. The van der Waals surface area contributed by atoms with E-state index in [0.29, 0.717) is 31.5 Å². The van der Waals surface area contributed by atoms with Crippen molar-refractivity contribution in [2.24, 2.45) is 11.1 Å². The highest BCUT2D eigenvalue weighted by molar-refractivity contribution is 7.89. The maximum Gasteiger partial charge on any atom is 0.238 e. The first-order valence-corrected chi connectivity index (χ1v) is 13.2.